The predicted molar refractivity (Wildman–Crippen MR) is 105 cm³/mol. The fourth-order valence-corrected chi connectivity index (χ4v) is 3.04. The average molecular weight is 380 g/mol. The zero-order valence-corrected chi connectivity index (χ0v) is 15.8. The maximum Gasteiger partial charge on any atom is 0.257 e. The van der Waals surface area contributed by atoms with Crippen LogP contribution in [0.25, 0.3) is 0 Å². The lowest BCUT2D eigenvalue weighted by molar-refractivity contribution is -0.123. The van der Waals surface area contributed by atoms with Crippen molar-refractivity contribution < 1.29 is 9.53 Å². The third kappa shape index (κ3) is 5.66. The first-order chi connectivity index (χ1) is 13.8. The van der Waals surface area contributed by atoms with E-state index in [4.69, 9.17) is 10.00 Å². The summed E-state index contributed by atoms with van der Waals surface area (Å²) in [6.07, 6.45) is 4.41. The molecule has 1 fully saturated rings. The molecule has 0 aliphatic carbocycles. The lowest BCUT2D eigenvalue weighted by Crippen LogP contribution is -2.47. The van der Waals surface area contributed by atoms with Gasteiger partial charge in [0.15, 0.2) is 6.61 Å². The van der Waals surface area contributed by atoms with Crippen molar-refractivity contribution in [2.45, 2.75) is 6.42 Å². The summed E-state index contributed by atoms with van der Waals surface area (Å²) in [7, 11) is 0. The van der Waals surface area contributed by atoms with Crippen molar-refractivity contribution in [1.29, 1.82) is 5.26 Å². The van der Waals surface area contributed by atoms with Crippen LogP contribution in [-0.4, -0.2) is 66.7 Å². The Bertz CT molecular complexity index is 800. The quantitative estimate of drug-likeness (QED) is 0.684. The number of benzene rings is 1. The van der Waals surface area contributed by atoms with E-state index in [2.05, 4.69) is 25.1 Å². The highest BCUT2D eigenvalue weighted by atomic mass is 16.5. The Morgan fingerprint density at radius 3 is 2.64 bits per heavy atom. The van der Waals surface area contributed by atoms with Crippen LogP contribution in [0, 0.1) is 11.3 Å². The van der Waals surface area contributed by atoms with E-state index in [0.717, 1.165) is 45.1 Å². The van der Waals surface area contributed by atoms with Crippen LogP contribution in [-0.2, 0) is 4.79 Å². The number of aromatic nitrogens is 2. The van der Waals surface area contributed by atoms with E-state index < -0.39 is 0 Å². The zero-order valence-electron chi connectivity index (χ0n) is 15.8. The zero-order chi connectivity index (χ0) is 19.6. The molecule has 28 heavy (non-hydrogen) atoms. The van der Waals surface area contributed by atoms with Gasteiger partial charge in [0.25, 0.3) is 5.91 Å². The van der Waals surface area contributed by atoms with Gasteiger partial charge in [0.1, 0.15) is 11.8 Å². The summed E-state index contributed by atoms with van der Waals surface area (Å²) < 4.78 is 5.43. The summed E-state index contributed by atoms with van der Waals surface area (Å²) >= 11 is 0. The molecule has 1 aromatic carbocycles. The molecule has 0 saturated carbocycles. The largest absolute Gasteiger partial charge is 0.482 e. The molecular weight excluding hydrogens is 356 g/mol. The molecule has 8 nitrogen and oxygen atoms in total. The number of carbonyl (C=O) groups is 1. The van der Waals surface area contributed by atoms with Crippen molar-refractivity contribution >= 4 is 11.9 Å². The number of nitrogens with one attached hydrogen (secondary N) is 1. The van der Waals surface area contributed by atoms with Crippen molar-refractivity contribution in [3.8, 4) is 11.8 Å². The molecule has 1 aliphatic rings. The second-order valence-corrected chi connectivity index (χ2v) is 6.48. The standard InChI is InChI=1S/C20H24N6O2/c21-15-17-5-1-2-6-18(17)28-16-19(27)22-9-4-10-25-11-13-26(14-12-25)20-23-7-3-8-24-20/h1-3,5-8H,4,9-14,16H2,(H,22,27). The van der Waals surface area contributed by atoms with Gasteiger partial charge >= 0.3 is 0 Å². The fraction of sp³-hybridized carbons (Fsp3) is 0.400. The van der Waals surface area contributed by atoms with Gasteiger partial charge in [-0.25, -0.2) is 9.97 Å². The van der Waals surface area contributed by atoms with Gasteiger partial charge in [-0.3, -0.25) is 9.69 Å². The van der Waals surface area contributed by atoms with E-state index in [-0.39, 0.29) is 12.5 Å². The van der Waals surface area contributed by atoms with Gasteiger partial charge in [-0.2, -0.15) is 5.26 Å². The van der Waals surface area contributed by atoms with E-state index in [1.807, 2.05) is 12.1 Å². The Balaban J connectivity index is 1.29. The number of hydrogen-bond acceptors (Lipinski definition) is 7. The number of piperazine rings is 1. The van der Waals surface area contributed by atoms with Crippen molar-refractivity contribution in [1.82, 2.24) is 20.2 Å². The van der Waals surface area contributed by atoms with E-state index in [1.165, 1.54) is 0 Å². The van der Waals surface area contributed by atoms with E-state index >= 15 is 0 Å². The maximum atomic E-state index is 11.9. The molecule has 0 atom stereocenters. The van der Waals surface area contributed by atoms with E-state index in [9.17, 15) is 4.79 Å². The van der Waals surface area contributed by atoms with Crippen LogP contribution in [0.3, 0.4) is 0 Å². The van der Waals surface area contributed by atoms with Crippen LogP contribution in [0.1, 0.15) is 12.0 Å². The summed E-state index contributed by atoms with van der Waals surface area (Å²) in [6.45, 7) is 5.17. The molecular formula is C20H24N6O2. The number of nitrogens with zero attached hydrogens (tertiary/aromatic N) is 5. The fourth-order valence-electron chi connectivity index (χ4n) is 3.04. The molecule has 8 heteroatoms. The monoisotopic (exact) mass is 380 g/mol. The molecule has 3 rings (SSSR count). The van der Waals surface area contributed by atoms with Crippen molar-refractivity contribution in [2.75, 3.05) is 50.8 Å². The first kappa shape index (κ1) is 19.6. The molecule has 1 N–H and O–H groups in total. The number of hydrogen-bond donors (Lipinski definition) is 1. The smallest absolute Gasteiger partial charge is 0.257 e. The van der Waals surface area contributed by atoms with Crippen molar-refractivity contribution in [3.05, 3.63) is 48.3 Å². The van der Waals surface area contributed by atoms with Crippen LogP contribution >= 0.6 is 0 Å². The number of ether oxygens (including phenoxy) is 1. The maximum absolute atomic E-state index is 11.9. The first-order valence-corrected chi connectivity index (χ1v) is 9.39. The third-order valence-electron chi connectivity index (χ3n) is 4.55. The van der Waals surface area contributed by atoms with Gasteiger partial charge in [0.05, 0.1) is 5.56 Å². The molecule has 0 unspecified atom stereocenters. The number of carbonyl (C=O) groups excluding carboxylic acids is 1. The second-order valence-electron chi connectivity index (χ2n) is 6.48. The van der Waals surface area contributed by atoms with Crippen LogP contribution in [0.15, 0.2) is 42.7 Å². The van der Waals surface area contributed by atoms with E-state index in [1.54, 1.807) is 36.7 Å². The molecule has 1 aromatic heterocycles. The van der Waals surface area contributed by atoms with Crippen LogP contribution in [0.4, 0.5) is 5.95 Å². The molecule has 1 amide bonds. The average Bonchev–Trinajstić information content (AvgIpc) is 2.76. The van der Waals surface area contributed by atoms with Crippen LogP contribution < -0.4 is 15.0 Å². The lowest BCUT2D eigenvalue weighted by atomic mass is 10.2. The number of amides is 1. The highest BCUT2D eigenvalue weighted by Crippen LogP contribution is 2.16. The Labute approximate surface area is 164 Å². The molecule has 1 saturated heterocycles. The second kappa shape index (κ2) is 10.2. The van der Waals surface area contributed by atoms with Gasteiger partial charge in [-0.05, 0) is 31.2 Å². The molecule has 2 aromatic rings. The summed E-state index contributed by atoms with van der Waals surface area (Å²) in [6, 6.07) is 10.8. The minimum Gasteiger partial charge on any atom is -0.482 e. The SMILES string of the molecule is N#Cc1ccccc1OCC(=O)NCCCN1CCN(c2ncccn2)CC1. The summed E-state index contributed by atoms with van der Waals surface area (Å²) in [5.41, 5.74) is 0.426. The topological polar surface area (TPSA) is 94.4 Å². The van der Waals surface area contributed by atoms with Gasteiger partial charge in [0, 0.05) is 45.1 Å². The predicted octanol–water partition coefficient (Wildman–Crippen LogP) is 1.06. The lowest BCUT2D eigenvalue weighted by Gasteiger charge is -2.34. The minimum absolute atomic E-state index is 0.0888. The molecule has 1 aliphatic heterocycles. The Kier molecular flexibility index (Phi) is 7.15. The molecule has 0 radical (unpaired) electrons. The number of nitriles is 1. The number of rotatable bonds is 8. The van der Waals surface area contributed by atoms with Gasteiger partial charge < -0.3 is 15.0 Å². The first-order valence-electron chi connectivity index (χ1n) is 9.39. The highest BCUT2D eigenvalue weighted by Gasteiger charge is 2.18. The van der Waals surface area contributed by atoms with Gasteiger partial charge in [-0.15, -0.1) is 0 Å². The van der Waals surface area contributed by atoms with Crippen LogP contribution in [0.2, 0.25) is 0 Å². The van der Waals surface area contributed by atoms with Crippen molar-refractivity contribution in [2.24, 2.45) is 0 Å². The normalized spacial score (nSPS) is 14.3. The molecule has 0 spiro atoms. The summed E-state index contributed by atoms with van der Waals surface area (Å²) in [4.78, 5) is 25.1. The Morgan fingerprint density at radius 2 is 1.89 bits per heavy atom. The number of para-hydroxylation sites is 1. The summed E-state index contributed by atoms with van der Waals surface area (Å²) in [5, 5.41) is 11.9. The van der Waals surface area contributed by atoms with Crippen LogP contribution in [0.5, 0.6) is 5.75 Å². The minimum atomic E-state index is -0.182. The Hall–Kier alpha value is -3.18. The molecule has 2 heterocycles. The molecule has 0 bridgehead atoms. The van der Waals surface area contributed by atoms with E-state index in [0.29, 0.717) is 17.9 Å². The van der Waals surface area contributed by atoms with Crippen molar-refractivity contribution in [3.63, 3.8) is 0 Å². The number of anilines is 1. The van der Waals surface area contributed by atoms with Gasteiger partial charge in [0.2, 0.25) is 5.95 Å². The third-order valence-corrected chi connectivity index (χ3v) is 4.55. The highest BCUT2D eigenvalue weighted by molar-refractivity contribution is 5.77. The summed E-state index contributed by atoms with van der Waals surface area (Å²) in [5.74, 6) is 1.03. The van der Waals surface area contributed by atoms with Gasteiger partial charge in [-0.1, -0.05) is 12.1 Å². The molecule has 146 valence electrons. The Morgan fingerprint density at radius 1 is 1.14 bits per heavy atom.